The fourth-order valence-corrected chi connectivity index (χ4v) is 9.98. The first-order valence-corrected chi connectivity index (χ1v) is 16.9. The molecule has 6 aromatic rings. The molecule has 1 heterocycles. The van der Waals surface area contributed by atoms with Crippen molar-refractivity contribution in [1.82, 2.24) is 0 Å². The van der Waals surface area contributed by atoms with E-state index < -0.39 is 9.21 Å². The van der Waals surface area contributed by atoms with Crippen LogP contribution in [-0.2, 0) is 5.41 Å². The van der Waals surface area contributed by atoms with E-state index in [-0.39, 0.29) is 5.41 Å². The van der Waals surface area contributed by atoms with Crippen LogP contribution in [0.25, 0.3) is 32.7 Å². The van der Waals surface area contributed by atoms with Crippen LogP contribution < -0.4 is 10.6 Å². The van der Waals surface area contributed by atoms with Gasteiger partial charge in [0.05, 0.1) is 0 Å². The van der Waals surface area contributed by atoms with Gasteiger partial charge in [0, 0.05) is 33.4 Å². The predicted molar refractivity (Wildman–Crippen MR) is 188 cm³/mol. The van der Waals surface area contributed by atoms with Crippen molar-refractivity contribution in [2.24, 2.45) is 0 Å². The molecule has 0 bridgehead atoms. The molecule has 0 fully saturated rings. The Labute approximate surface area is 248 Å². The van der Waals surface area contributed by atoms with Gasteiger partial charge in [-0.25, -0.2) is 9.21 Å². The normalized spacial score (nSPS) is 19.5. The summed E-state index contributed by atoms with van der Waals surface area (Å²) in [4.78, 5) is 0. The standard InChI is InChI=1S/C39H34N2S/c1-4-42(3)25-38(42)39(2)36-23-32(40-30-15-13-26-9-5-7-11-28(26)21-30)17-19-34(36)35-20-18-33(24-37(35)39)41-31-16-14-27-10-6-8-12-29(27)22-31/h4-25,38,40-41H,1-3H3. The van der Waals surface area contributed by atoms with E-state index in [2.05, 4.69) is 163 Å². The lowest BCUT2D eigenvalue weighted by Crippen LogP contribution is -2.29. The van der Waals surface area contributed by atoms with E-state index in [1.165, 1.54) is 43.8 Å². The Morgan fingerprint density at radius 1 is 0.571 bits per heavy atom. The lowest BCUT2D eigenvalue weighted by atomic mass is 9.77. The van der Waals surface area contributed by atoms with Gasteiger partial charge in [-0.1, -0.05) is 83.5 Å². The molecular formula is C39H34N2S. The minimum absolute atomic E-state index is 0.0938. The molecule has 6 aromatic carbocycles. The Hall–Kier alpha value is -4.47. The molecule has 2 N–H and O–H groups in total. The minimum Gasteiger partial charge on any atom is -0.355 e. The van der Waals surface area contributed by atoms with Crippen molar-refractivity contribution in [3.8, 4) is 11.1 Å². The highest BCUT2D eigenvalue weighted by Crippen LogP contribution is 2.61. The van der Waals surface area contributed by atoms with Crippen molar-refractivity contribution >= 4 is 64.2 Å². The summed E-state index contributed by atoms with van der Waals surface area (Å²) in [6.45, 7) is 4.71. The molecule has 0 aromatic heterocycles. The summed E-state index contributed by atoms with van der Waals surface area (Å²) in [5.74, 6) is 0. The Morgan fingerprint density at radius 3 is 1.45 bits per heavy atom. The monoisotopic (exact) mass is 562 g/mol. The largest absolute Gasteiger partial charge is 0.355 e. The molecule has 2 atom stereocenters. The predicted octanol–water partition coefficient (Wildman–Crippen LogP) is 10.2. The quantitative estimate of drug-likeness (QED) is 0.204. The zero-order valence-corrected chi connectivity index (χ0v) is 25.0. The van der Waals surface area contributed by atoms with E-state index in [0.29, 0.717) is 5.25 Å². The van der Waals surface area contributed by atoms with Crippen molar-refractivity contribution in [2.45, 2.75) is 24.5 Å². The van der Waals surface area contributed by atoms with Crippen LogP contribution in [0.4, 0.5) is 22.7 Å². The topological polar surface area (TPSA) is 24.1 Å². The average Bonchev–Trinajstić information content (AvgIpc) is 3.66. The Morgan fingerprint density at radius 2 is 1.00 bits per heavy atom. The van der Waals surface area contributed by atoms with Crippen molar-refractivity contribution in [1.29, 1.82) is 0 Å². The van der Waals surface area contributed by atoms with Gasteiger partial charge in [0.2, 0.25) is 0 Å². The molecule has 0 saturated carbocycles. The maximum Gasteiger partial charge on any atom is 0.0390 e. The highest BCUT2D eigenvalue weighted by atomic mass is 32.2. The van der Waals surface area contributed by atoms with E-state index in [1.54, 1.807) is 0 Å². The van der Waals surface area contributed by atoms with E-state index >= 15 is 0 Å². The lowest BCUT2D eigenvalue weighted by molar-refractivity contribution is 0.643. The van der Waals surface area contributed by atoms with Crippen LogP contribution in [0.3, 0.4) is 0 Å². The second-order valence-corrected chi connectivity index (χ2v) is 15.5. The van der Waals surface area contributed by atoms with E-state index in [0.717, 1.165) is 22.7 Å². The second kappa shape index (κ2) is 9.27. The maximum absolute atomic E-state index is 3.72. The first kappa shape index (κ1) is 25.3. The van der Waals surface area contributed by atoms with Crippen molar-refractivity contribution < 1.29 is 0 Å². The third-order valence-electron chi connectivity index (χ3n) is 9.49. The molecular weight excluding hydrogens is 529 g/mol. The molecule has 3 heteroatoms. The Bertz CT molecular complexity index is 2050. The van der Waals surface area contributed by atoms with E-state index in [9.17, 15) is 0 Å². The Kier molecular flexibility index (Phi) is 5.57. The molecule has 8 rings (SSSR count). The van der Waals surface area contributed by atoms with Gasteiger partial charge in [-0.15, -0.1) is 0 Å². The maximum atomic E-state index is 3.72. The van der Waals surface area contributed by atoms with Crippen LogP contribution in [0.15, 0.2) is 121 Å². The highest BCUT2D eigenvalue weighted by Gasteiger charge is 2.50. The highest BCUT2D eigenvalue weighted by molar-refractivity contribution is 8.36. The molecule has 1 aliphatic carbocycles. The van der Waals surface area contributed by atoms with Crippen molar-refractivity contribution in [3.05, 3.63) is 132 Å². The summed E-state index contributed by atoms with van der Waals surface area (Å²) in [5, 5.41) is 18.0. The first-order valence-electron chi connectivity index (χ1n) is 14.7. The number of nitrogens with one attached hydrogen (secondary N) is 2. The summed E-state index contributed by atoms with van der Waals surface area (Å²) in [6.07, 6.45) is 2.45. The van der Waals surface area contributed by atoms with Crippen LogP contribution in [0, 0.1) is 0 Å². The summed E-state index contributed by atoms with van der Waals surface area (Å²) >= 11 is 0. The molecule has 0 saturated heterocycles. The Balaban J connectivity index is 1.19. The number of anilines is 4. The van der Waals surface area contributed by atoms with Gasteiger partial charge >= 0.3 is 0 Å². The van der Waals surface area contributed by atoms with Crippen LogP contribution in [-0.4, -0.2) is 22.2 Å². The zero-order valence-electron chi connectivity index (χ0n) is 24.2. The van der Waals surface area contributed by atoms with Gasteiger partial charge in [0.1, 0.15) is 0 Å². The lowest BCUT2D eigenvalue weighted by Gasteiger charge is -2.30. The molecule has 0 spiro atoms. The summed E-state index contributed by atoms with van der Waals surface area (Å²) in [6, 6.07) is 44.2. The fourth-order valence-electron chi connectivity index (χ4n) is 7.00. The molecule has 42 heavy (non-hydrogen) atoms. The van der Waals surface area contributed by atoms with Crippen molar-refractivity contribution in [3.63, 3.8) is 0 Å². The number of hydrogen-bond donors (Lipinski definition) is 2. The molecule has 2 nitrogen and oxygen atoms in total. The molecule has 2 aliphatic rings. The number of benzene rings is 6. The fraction of sp³-hybridized carbons (Fsp3) is 0.128. The van der Waals surface area contributed by atoms with Gasteiger partial charge in [0.25, 0.3) is 0 Å². The average molecular weight is 563 g/mol. The molecule has 206 valence electrons. The number of hydrogen-bond acceptors (Lipinski definition) is 2. The molecule has 1 aliphatic heterocycles. The van der Waals surface area contributed by atoms with Gasteiger partial charge < -0.3 is 10.6 Å². The van der Waals surface area contributed by atoms with Gasteiger partial charge in [-0.3, -0.25) is 0 Å². The summed E-state index contributed by atoms with van der Waals surface area (Å²) in [5.41, 5.74) is 9.95. The molecule has 0 radical (unpaired) electrons. The van der Waals surface area contributed by atoms with E-state index in [1.807, 2.05) is 0 Å². The summed E-state index contributed by atoms with van der Waals surface area (Å²) < 4.78 is 0. The molecule has 0 amide bonds. The smallest absolute Gasteiger partial charge is 0.0390 e. The number of rotatable bonds is 5. The van der Waals surface area contributed by atoms with Crippen LogP contribution in [0.5, 0.6) is 0 Å². The zero-order chi connectivity index (χ0) is 28.5. The summed E-state index contributed by atoms with van der Waals surface area (Å²) in [7, 11) is -0.863. The molecule has 2 unspecified atom stereocenters. The number of fused-ring (bicyclic) bond motifs is 5. The third-order valence-corrected chi connectivity index (χ3v) is 12.8. The first-order chi connectivity index (χ1) is 20.4. The van der Waals surface area contributed by atoms with Gasteiger partial charge in [-0.2, -0.15) is 0 Å². The van der Waals surface area contributed by atoms with Gasteiger partial charge in [0.15, 0.2) is 0 Å². The van der Waals surface area contributed by atoms with Crippen LogP contribution >= 0.6 is 9.21 Å². The third kappa shape index (κ3) is 3.95. The second-order valence-electron chi connectivity index (χ2n) is 12.0. The van der Waals surface area contributed by atoms with Gasteiger partial charge in [-0.05, 0) is 112 Å². The van der Waals surface area contributed by atoms with E-state index in [4.69, 9.17) is 0 Å². The van der Waals surface area contributed by atoms with Crippen LogP contribution in [0.2, 0.25) is 0 Å². The minimum atomic E-state index is -0.863. The van der Waals surface area contributed by atoms with Crippen molar-refractivity contribution in [2.75, 3.05) is 16.9 Å². The van der Waals surface area contributed by atoms with Crippen LogP contribution in [0.1, 0.15) is 25.0 Å². The SMILES string of the molecule is CC=S1(C)=CC1C1(C)c2cc(Nc3ccc4ccccc4c3)ccc2-c2ccc(Nc3ccc4ccccc4c3)cc21.